The molecule has 3 rings (SSSR count). The van der Waals surface area contributed by atoms with E-state index in [0.29, 0.717) is 24.1 Å². The van der Waals surface area contributed by atoms with Gasteiger partial charge < -0.3 is 5.32 Å². The molecule has 1 amide bonds. The fourth-order valence-corrected chi connectivity index (χ4v) is 3.70. The number of aryl methyl sites for hydroxylation is 2. The molecule has 0 saturated heterocycles. The number of Topliss-reactive ketones (excluding diaryl/α,β-unsaturated/α-hetero) is 1. The molecular formula is C22H26N2O2. The van der Waals surface area contributed by atoms with Crippen LogP contribution in [0.25, 0.3) is 0 Å². The Morgan fingerprint density at radius 3 is 2.38 bits per heavy atom. The Morgan fingerprint density at radius 2 is 1.77 bits per heavy atom. The van der Waals surface area contributed by atoms with Gasteiger partial charge in [-0.3, -0.25) is 14.6 Å². The van der Waals surface area contributed by atoms with Gasteiger partial charge in [0.05, 0.1) is 0 Å². The number of benzene rings is 1. The van der Waals surface area contributed by atoms with Crippen LogP contribution >= 0.6 is 0 Å². The molecule has 4 heteroatoms. The minimum Gasteiger partial charge on any atom is -0.339 e. The van der Waals surface area contributed by atoms with Crippen molar-refractivity contribution in [2.75, 3.05) is 0 Å². The van der Waals surface area contributed by atoms with E-state index < -0.39 is 5.54 Å². The van der Waals surface area contributed by atoms with E-state index in [2.05, 4.69) is 17.2 Å². The van der Waals surface area contributed by atoms with Crippen molar-refractivity contribution in [1.29, 1.82) is 0 Å². The Kier molecular flexibility index (Phi) is 5.50. The number of pyridine rings is 1. The van der Waals surface area contributed by atoms with Gasteiger partial charge in [0.25, 0.3) is 5.91 Å². The summed E-state index contributed by atoms with van der Waals surface area (Å²) < 4.78 is 0. The van der Waals surface area contributed by atoms with E-state index in [1.54, 1.807) is 6.20 Å². The Balaban J connectivity index is 1.88. The molecule has 4 nitrogen and oxygen atoms in total. The summed E-state index contributed by atoms with van der Waals surface area (Å²) in [5.41, 5.74) is 2.25. The normalized spacial score (nSPS) is 16.1. The van der Waals surface area contributed by atoms with Gasteiger partial charge in [0.15, 0.2) is 0 Å². The second-order valence-corrected chi connectivity index (χ2v) is 7.15. The molecule has 0 bridgehead atoms. The van der Waals surface area contributed by atoms with E-state index in [9.17, 15) is 9.59 Å². The van der Waals surface area contributed by atoms with Crippen LogP contribution in [0.4, 0.5) is 0 Å². The van der Waals surface area contributed by atoms with Crippen LogP contribution in [0, 0.1) is 6.92 Å². The SMILES string of the molecule is CCc1ccc(C(=O)NC2(C(=O)c3ncccc3C)CCCCC2)cc1. The molecule has 0 spiro atoms. The maximum atomic E-state index is 13.3. The van der Waals surface area contributed by atoms with Crippen LogP contribution in [-0.2, 0) is 6.42 Å². The lowest BCUT2D eigenvalue weighted by atomic mass is 9.76. The van der Waals surface area contributed by atoms with E-state index in [1.807, 2.05) is 43.3 Å². The summed E-state index contributed by atoms with van der Waals surface area (Å²) in [6.45, 7) is 3.97. The topological polar surface area (TPSA) is 59.1 Å². The van der Waals surface area contributed by atoms with Crippen LogP contribution in [0.2, 0.25) is 0 Å². The summed E-state index contributed by atoms with van der Waals surface area (Å²) in [6, 6.07) is 11.3. The molecule has 0 aliphatic heterocycles. The van der Waals surface area contributed by atoms with Crippen LogP contribution < -0.4 is 5.32 Å². The van der Waals surface area contributed by atoms with Gasteiger partial charge >= 0.3 is 0 Å². The number of rotatable bonds is 5. The number of hydrogen-bond acceptors (Lipinski definition) is 3. The molecule has 1 aliphatic rings. The maximum absolute atomic E-state index is 13.3. The molecule has 136 valence electrons. The molecule has 26 heavy (non-hydrogen) atoms. The highest BCUT2D eigenvalue weighted by molar-refractivity contribution is 6.06. The number of carbonyl (C=O) groups is 2. The van der Waals surface area contributed by atoms with Crippen molar-refractivity contribution in [3.63, 3.8) is 0 Å². The van der Waals surface area contributed by atoms with Gasteiger partial charge in [-0.25, -0.2) is 0 Å². The fourth-order valence-electron chi connectivity index (χ4n) is 3.70. The zero-order valence-electron chi connectivity index (χ0n) is 15.5. The molecular weight excluding hydrogens is 324 g/mol. The van der Waals surface area contributed by atoms with Gasteiger partial charge in [0.2, 0.25) is 5.78 Å². The van der Waals surface area contributed by atoms with Gasteiger partial charge in [-0.05, 0) is 55.5 Å². The maximum Gasteiger partial charge on any atom is 0.252 e. The highest BCUT2D eigenvalue weighted by Gasteiger charge is 2.42. The highest BCUT2D eigenvalue weighted by Crippen LogP contribution is 2.32. The van der Waals surface area contributed by atoms with Crippen molar-refractivity contribution in [3.8, 4) is 0 Å². The van der Waals surface area contributed by atoms with Crippen LogP contribution in [0.15, 0.2) is 42.6 Å². The molecule has 1 aliphatic carbocycles. The van der Waals surface area contributed by atoms with Crippen LogP contribution in [0.1, 0.15) is 71.0 Å². The molecule has 0 atom stereocenters. The van der Waals surface area contributed by atoms with E-state index in [0.717, 1.165) is 31.2 Å². The summed E-state index contributed by atoms with van der Waals surface area (Å²) in [5.74, 6) is -0.245. The summed E-state index contributed by atoms with van der Waals surface area (Å²) in [5, 5.41) is 3.08. The molecule has 1 heterocycles. The summed E-state index contributed by atoms with van der Waals surface area (Å²) in [6.07, 6.45) is 6.88. The van der Waals surface area contributed by atoms with Gasteiger partial charge in [-0.2, -0.15) is 0 Å². The van der Waals surface area contributed by atoms with Gasteiger partial charge in [0.1, 0.15) is 11.2 Å². The lowest BCUT2D eigenvalue weighted by Gasteiger charge is -2.36. The van der Waals surface area contributed by atoms with Crippen molar-refractivity contribution in [3.05, 3.63) is 65.0 Å². The van der Waals surface area contributed by atoms with Crippen molar-refractivity contribution < 1.29 is 9.59 Å². The third-order valence-corrected chi connectivity index (χ3v) is 5.34. The monoisotopic (exact) mass is 350 g/mol. The largest absolute Gasteiger partial charge is 0.339 e. The Bertz CT molecular complexity index is 790. The average Bonchev–Trinajstić information content (AvgIpc) is 2.68. The predicted molar refractivity (Wildman–Crippen MR) is 102 cm³/mol. The van der Waals surface area contributed by atoms with Crippen molar-refractivity contribution in [2.45, 2.75) is 57.9 Å². The number of amides is 1. The molecule has 1 aromatic carbocycles. The van der Waals surface area contributed by atoms with E-state index in [1.165, 1.54) is 5.56 Å². The van der Waals surface area contributed by atoms with Crippen molar-refractivity contribution in [1.82, 2.24) is 10.3 Å². The fraction of sp³-hybridized carbons (Fsp3) is 0.409. The predicted octanol–water partition coefficient (Wildman–Crippen LogP) is 4.27. The first-order valence-electron chi connectivity index (χ1n) is 9.43. The Hall–Kier alpha value is -2.49. The van der Waals surface area contributed by atoms with Crippen LogP contribution in [0.3, 0.4) is 0 Å². The zero-order chi connectivity index (χ0) is 18.6. The van der Waals surface area contributed by atoms with Gasteiger partial charge in [-0.15, -0.1) is 0 Å². The van der Waals surface area contributed by atoms with Crippen molar-refractivity contribution >= 4 is 11.7 Å². The molecule has 0 unspecified atom stereocenters. The number of nitrogens with one attached hydrogen (secondary N) is 1. The molecule has 1 fully saturated rings. The number of hydrogen-bond donors (Lipinski definition) is 1. The van der Waals surface area contributed by atoms with E-state index in [4.69, 9.17) is 0 Å². The first-order chi connectivity index (χ1) is 12.6. The second-order valence-electron chi connectivity index (χ2n) is 7.15. The third kappa shape index (κ3) is 3.69. The highest BCUT2D eigenvalue weighted by atomic mass is 16.2. The number of ketones is 1. The minimum atomic E-state index is -0.849. The van der Waals surface area contributed by atoms with Crippen LogP contribution in [-0.4, -0.2) is 22.2 Å². The number of nitrogens with zero attached hydrogens (tertiary/aromatic N) is 1. The molecule has 1 N–H and O–H groups in total. The number of aromatic nitrogens is 1. The molecule has 1 aromatic heterocycles. The summed E-state index contributed by atoms with van der Waals surface area (Å²) in [7, 11) is 0. The Labute approximate surface area is 155 Å². The quantitative estimate of drug-likeness (QED) is 0.819. The first-order valence-corrected chi connectivity index (χ1v) is 9.43. The summed E-state index contributed by atoms with van der Waals surface area (Å²) in [4.78, 5) is 30.5. The molecule has 1 saturated carbocycles. The molecule has 0 radical (unpaired) electrons. The van der Waals surface area contributed by atoms with Crippen molar-refractivity contribution in [2.24, 2.45) is 0 Å². The van der Waals surface area contributed by atoms with Gasteiger partial charge in [-0.1, -0.05) is 44.4 Å². The average molecular weight is 350 g/mol. The van der Waals surface area contributed by atoms with Gasteiger partial charge in [0, 0.05) is 11.8 Å². The molecule has 2 aromatic rings. The standard InChI is InChI=1S/C22H26N2O2/c1-3-17-9-11-18(12-10-17)21(26)24-22(13-5-4-6-14-22)20(25)19-16(2)8-7-15-23-19/h7-12,15H,3-6,13-14H2,1-2H3,(H,24,26). The lowest BCUT2D eigenvalue weighted by molar-refractivity contribution is 0.0709. The van der Waals surface area contributed by atoms with E-state index in [-0.39, 0.29) is 11.7 Å². The second kappa shape index (κ2) is 7.81. The minimum absolute atomic E-state index is 0.0613. The Morgan fingerprint density at radius 1 is 1.08 bits per heavy atom. The smallest absolute Gasteiger partial charge is 0.252 e. The number of carbonyl (C=O) groups excluding carboxylic acids is 2. The first kappa shape index (κ1) is 18.3. The van der Waals surface area contributed by atoms with Crippen LogP contribution in [0.5, 0.6) is 0 Å². The summed E-state index contributed by atoms with van der Waals surface area (Å²) >= 11 is 0. The van der Waals surface area contributed by atoms with E-state index >= 15 is 0 Å². The zero-order valence-corrected chi connectivity index (χ0v) is 15.5. The third-order valence-electron chi connectivity index (χ3n) is 5.34. The lowest BCUT2D eigenvalue weighted by Crippen LogP contribution is -2.56.